The number of nitrogens with one attached hydrogen (secondary N) is 1. The molecule has 2 aromatic rings. The lowest BCUT2D eigenvalue weighted by molar-refractivity contribution is 0.399. The molecule has 0 amide bonds. The molecule has 0 atom stereocenters. The first-order valence-corrected chi connectivity index (χ1v) is 4.69. The maximum absolute atomic E-state index is 9.25. The zero-order chi connectivity index (χ0) is 10.7. The molecule has 0 saturated heterocycles. The molecule has 4 heteroatoms. The average molecular weight is 204 g/mol. The van der Waals surface area contributed by atoms with Crippen molar-refractivity contribution in [2.24, 2.45) is 0 Å². The quantitative estimate of drug-likeness (QED) is 0.805. The third-order valence-electron chi connectivity index (χ3n) is 2.01. The number of benzene rings is 1. The van der Waals surface area contributed by atoms with E-state index in [2.05, 4.69) is 10.5 Å². The van der Waals surface area contributed by atoms with Crippen LogP contribution in [0.25, 0.3) is 0 Å². The van der Waals surface area contributed by atoms with Gasteiger partial charge < -0.3 is 14.9 Å². The molecule has 0 aliphatic heterocycles. The summed E-state index contributed by atoms with van der Waals surface area (Å²) in [6.07, 6.45) is 0. The fraction of sp³-hybridized carbons (Fsp3) is 0.182. The van der Waals surface area contributed by atoms with Gasteiger partial charge in [0.25, 0.3) is 0 Å². The Balaban J connectivity index is 1.99. The van der Waals surface area contributed by atoms with Gasteiger partial charge >= 0.3 is 0 Å². The summed E-state index contributed by atoms with van der Waals surface area (Å²) in [5.41, 5.74) is 0.996. The zero-order valence-electron chi connectivity index (χ0n) is 8.40. The molecule has 0 fully saturated rings. The Kier molecular flexibility index (Phi) is 2.58. The average Bonchev–Trinajstić information content (AvgIpc) is 2.62. The third-order valence-corrected chi connectivity index (χ3v) is 2.01. The number of phenols is 1. The Hall–Kier alpha value is -1.97. The molecule has 0 unspecified atom stereocenters. The van der Waals surface area contributed by atoms with Crippen LogP contribution in [0.2, 0.25) is 0 Å². The van der Waals surface area contributed by atoms with E-state index >= 15 is 0 Å². The Bertz CT molecular complexity index is 451. The molecule has 2 N–H and O–H groups in total. The molecule has 2 rings (SSSR count). The van der Waals surface area contributed by atoms with E-state index in [0.717, 1.165) is 11.3 Å². The highest BCUT2D eigenvalue weighted by Gasteiger charge is 1.99. The van der Waals surface area contributed by atoms with Crippen molar-refractivity contribution in [3.05, 3.63) is 41.7 Å². The van der Waals surface area contributed by atoms with Gasteiger partial charge in [0, 0.05) is 12.6 Å². The number of aromatic nitrogens is 1. The lowest BCUT2D eigenvalue weighted by atomic mass is 10.2. The van der Waals surface area contributed by atoms with Crippen LogP contribution < -0.4 is 5.32 Å². The van der Waals surface area contributed by atoms with Gasteiger partial charge in [-0.1, -0.05) is 17.3 Å². The Morgan fingerprint density at radius 1 is 1.40 bits per heavy atom. The third kappa shape index (κ3) is 2.49. The molecular formula is C11H12N2O2. The second-order valence-electron chi connectivity index (χ2n) is 3.35. The molecular weight excluding hydrogens is 192 g/mol. The van der Waals surface area contributed by atoms with Crippen molar-refractivity contribution in [2.45, 2.75) is 13.5 Å². The molecule has 0 spiro atoms. The van der Waals surface area contributed by atoms with E-state index in [0.29, 0.717) is 12.4 Å². The second kappa shape index (κ2) is 4.04. The largest absolute Gasteiger partial charge is 0.508 e. The van der Waals surface area contributed by atoms with Crippen molar-refractivity contribution in [3.63, 3.8) is 0 Å². The van der Waals surface area contributed by atoms with Crippen molar-refractivity contribution < 1.29 is 9.63 Å². The SMILES string of the molecule is Cc1cc(NCc2cccc(O)c2)no1. The summed E-state index contributed by atoms with van der Waals surface area (Å²) in [4.78, 5) is 0. The number of hydrogen-bond acceptors (Lipinski definition) is 4. The lowest BCUT2D eigenvalue weighted by Gasteiger charge is -2.02. The molecule has 0 aliphatic rings. The van der Waals surface area contributed by atoms with Crippen LogP contribution in [-0.2, 0) is 6.54 Å². The molecule has 0 saturated carbocycles. The predicted octanol–water partition coefficient (Wildman–Crippen LogP) is 2.30. The van der Waals surface area contributed by atoms with Crippen molar-refractivity contribution >= 4 is 5.82 Å². The Labute approximate surface area is 87.5 Å². The standard InChI is InChI=1S/C11H12N2O2/c1-8-5-11(13-15-8)12-7-9-3-2-4-10(14)6-9/h2-6,14H,7H2,1H3,(H,12,13). The van der Waals surface area contributed by atoms with Gasteiger partial charge in [0.2, 0.25) is 0 Å². The van der Waals surface area contributed by atoms with Crippen LogP contribution >= 0.6 is 0 Å². The van der Waals surface area contributed by atoms with Crippen LogP contribution in [0.5, 0.6) is 5.75 Å². The van der Waals surface area contributed by atoms with Gasteiger partial charge in [-0.3, -0.25) is 0 Å². The predicted molar refractivity (Wildman–Crippen MR) is 56.7 cm³/mol. The first-order chi connectivity index (χ1) is 7.24. The summed E-state index contributed by atoms with van der Waals surface area (Å²) in [5.74, 6) is 1.75. The minimum Gasteiger partial charge on any atom is -0.508 e. The van der Waals surface area contributed by atoms with Gasteiger partial charge in [0.05, 0.1) is 0 Å². The smallest absolute Gasteiger partial charge is 0.169 e. The summed E-state index contributed by atoms with van der Waals surface area (Å²) in [6.45, 7) is 2.45. The number of anilines is 1. The summed E-state index contributed by atoms with van der Waals surface area (Å²) in [5, 5.41) is 16.2. The number of hydrogen-bond donors (Lipinski definition) is 2. The molecule has 1 aromatic heterocycles. The van der Waals surface area contributed by atoms with Crippen molar-refractivity contribution in [1.82, 2.24) is 5.16 Å². The highest BCUT2D eigenvalue weighted by atomic mass is 16.5. The highest BCUT2D eigenvalue weighted by Crippen LogP contribution is 2.13. The highest BCUT2D eigenvalue weighted by molar-refractivity contribution is 5.36. The van der Waals surface area contributed by atoms with Gasteiger partial charge in [0.1, 0.15) is 11.5 Å². The topological polar surface area (TPSA) is 58.3 Å². The van der Waals surface area contributed by atoms with Gasteiger partial charge in [0.15, 0.2) is 5.82 Å². The fourth-order valence-electron chi connectivity index (χ4n) is 1.31. The van der Waals surface area contributed by atoms with Crippen molar-refractivity contribution in [1.29, 1.82) is 0 Å². The monoisotopic (exact) mass is 204 g/mol. The number of aryl methyl sites for hydroxylation is 1. The Morgan fingerprint density at radius 2 is 2.27 bits per heavy atom. The van der Waals surface area contributed by atoms with Crippen LogP contribution in [0.1, 0.15) is 11.3 Å². The molecule has 4 nitrogen and oxygen atoms in total. The van der Waals surface area contributed by atoms with Crippen molar-refractivity contribution in [2.75, 3.05) is 5.32 Å². The lowest BCUT2D eigenvalue weighted by Crippen LogP contribution is -1.98. The molecule has 0 radical (unpaired) electrons. The minimum absolute atomic E-state index is 0.269. The number of phenolic OH excluding ortho intramolecular Hbond substituents is 1. The summed E-state index contributed by atoms with van der Waals surface area (Å²) in [6, 6.07) is 8.91. The van der Waals surface area contributed by atoms with Crippen LogP contribution in [0.15, 0.2) is 34.9 Å². The van der Waals surface area contributed by atoms with Crippen LogP contribution in [0, 0.1) is 6.92 Å². The van der Waals surface area contributed by atoms with Crippen LogP contribution in [0.4, 0.5) is 5.82 Å². The summed E-state index contributed by atoms with van der Waals surface area (Å²) in [7, 11) is 0. The second-order valence-corrected chi connectivity index (χ2v) is 3.35. The first-order valence-electron chi connectivity index (χ1n) is 4.69. The van der Waals surface area contributed by atoms with Gasteiger partial charge in [-0.25, -0.2) is 0 Å². The maximum Gasteiger partial charge on any atom is 0.169 e. The van der Waals surface area contributed by atoms with E-state index in [1.54, 1.807) is 18.2 Å². The van der Waals surface area contributed by atoms with E-state index in [4.69, 9.17) is 4.52 Å². The Morgan fingerprint density at radius 3 is 2.93 bits per heavy atom. The van der Waals surface area contributed by atoms with E-state index < -0.39 is 0 Å². The van der Waals surface area contributed by atoms with Crippen molar-refractivity contribution in [3.8, 4) is 5.75 Å². The normalized spacial score (nSPS) is 10.2. The van der Waals surface area contributed by atoms with E-state index in [9.17, 15) is 5.11 Å². The molecule has 0 aliphatic carbocycles. The van der Waals surface area contributed by atoms with E-state index in [1.165, 1.54) is 0 Å². The van der Waals surface area contributed by atoms with Crippen LogP contribution in [-0.4, -0.2) is 10.3 Å². The number of nitrogens with zero attached hydrogens (tertiary/aromatic N) is 1. The molecule has 1 aromatic carbocycles. The minimum atomic E-state index is 0.269. The van der Waals surface area contributed by atoms with Gasteiger partial charge in [-0.15, -0.1) is 0 Å². The molecule has 0 bridgehead atoms. The van der Waals surface area contributed by atoms with E-state index in [1.807, 2.05) is 19.1 Å². The molecule has 78 valence electrons. The van der Waals surface area contributed by atoms with Gasteiger partial charge in [-0.05, 0) is 24.6 Å². The summed E-state index contributed by atoms with van der Waals surface area (Å²) >= 11 is 0. The van der Waals surface area contributed by atoms with Gasteiger partial charge in [-0.2, -0.15) is 0 Å². The molecule has 1 heterocycles. The summed E-state index contributed by atoms with van der Waals surface area (Å²) < 4.78 is 4.91. The number of rotatable bonds is 3. The zero-order valence-corrected chi connectivity index (χ0v) is 8.40. The first kappa shape index (κ1) is 9.58. The van der Waals surface area contributed by atoms with Crippen LogP contribution in [0.3, 0.4) is 0 Å². The molecule has 15 heavy (non-hydrogen) atoms. The number of aromatic hydroxyl groups is 1. The van der Waals surface area contributed by atoms with E-state index in [-0.39, 0.29) is 5.75 Å². The maximum atomic E-state index is 9.25. The fourth-order valence-corrected chi connectivity index (χ4v) is 1.31.